The third kappa shape index (κ3) is 17.6. The Hall–Kier alpha value is -2.40. The molecule has 0 aromatic heterocycles. The fraction of sp³-hybridized carbons (Fsp3) is 0.818. The number of carbonyl (C=O) groups excluding carboxylic acids is 2. The van der Waals surface area contributed by atoms with Crippen LogP contribution in [-0.2, 0) is 23.9 Å². The number of ether oxygens (including phenoxy) is 1. The molecule has 6 N–H and O–H groups in total. The molecule has 0 unspecified atom stereocenters. The van der Waals surface area contributed by atoms with Gasteiger partial charge < -0.3 is 64.1 Å². The first-order valence-electron chi connectivity index (χ1n) is 11.7. The first kappa shape index (κ1) is 39.1. The molecule has 0 fully saturated rings. The summed E-state index contributed by atoms with van der Waals surface area (Å²) in [5.41, 5.74) is 0. The Labute approximate surface area is 216 Å². The zero-order valence-corrected chi connectivity index (χ0v) is 22.4. The lowest BCUT2D eigenvalue weighted by Gasteiger charge is -2.35. The van der Waals surface area contributed by atoms with Crippen molar-refractivity contribution in [2.24, 2.45) is 0 Å². The summed E-state index contributed by atoms with van der Waals surface area (Å²) >= 11 is 0. The quantitative estimate of drug-likeness (QED) is 0.0788. The summed E-state index contributed by atoms with van der Waals surface area (Å²) in [6.45, 7) is 17.9. The summed E-state index contributed by atoms with van der Waals surface area (Å²) in [6.07, 6.45) is -9.41. The van der Waals surface area contributed by atoms with E-state index >= 15 is 0 Å². The molecule has 0 rings (SSSR count). The van der Waals surface area contributed by atoms with Crippen molar-refractivity contribution >= 4 is 23.9 Å². The van der Waals surface area contributed by atoms with Gasteiger partial charge in [-0.15, -0.1) is 0 Å². The van der Waals surface area contributed by atoms with Crippen molar-refractivity contribution in [3.63, 3.8) is 0 Å². The van der Waals surface area contributed by atoms with Crippen molar-refractivity contribution < 1.29 is 73.7 Å². The number of carboxylic acids is 4. The van der Waals surface area contributed by atoms with Crippen LogP contribution in [0.4, 0.5) is 0 Å². The highest BCUT2D eigenvalue weighted by Gasteiger charge is 2.29. The van der Waals surface area contributed by atoms with E-state index in [1.54, 1.807) is 0 Å². The van der Waals surface area contributed by atoms with Gasteiger partial charge in [0.25, 0.3) is 0 Å². The standard InChI is InChI=1S/C14H34N2O.2C4H6O6/c1-7-15(5,6)11-13-17-14-12-16(8-2,9-3)10-4;2*5-1(3(7)8)2(6)4(9)10/h7-14H2,1-6H3;2*1-2,5-6H,(H,7,8)(H,9,10)/q+2;;/p-2/t;2*1-,2-/m.11/s1. The molecule has 0 aliphatic heterocycles. The fourth-order valence-electron chi connectivity index (χ4n) is 2.50. The zero-order valence-electron chi connectivity index (χ0n) is 22.4. The molecule has 0 aliphatic rings. The van der Waals surface area contributed by atoms with E-state index in [-0.39, 0.29) is 0 Å². The molecular weight excluding hydrogens is 500 g/mol. The predicted octanol–water partition coefficient (Wildman–Crippen LogP) is -4.94. The lowest BCUT2D eigenvalue weighted by Crippen LogP contribution is -2.51. The topological polar surface area (TPSA) is 245 Å². The van der Waals surface area contributed by atoms with Gasteiger partial charge in [-0.3, -0.25) is 0 Å². The van der Waals surface area contributed by atoms with Crippen LogP contribution >= 0.6 is 0 Å². The summed E-state index contributed by atoms with van der Waals surface area (Å²) < 4.78 is 8.04. The Morgan fingerprint density at radius 2 is 0.973 bits per heavy atom. The van der Waals surface area contributed by atoms with E-state index in [0.29, 0.717) is 0 Å². The number of nitrogens with zero attached hydrogens (tertiary/aromatic N) is 2. The number of rotatable bonds is 16. The van der Waals surface area contributed by atoms with E-state index in [9.17, 15) is 29.4 Å². The third-order valence-corrected chi connectivity index (χ3v) is 6.01. The highest BCUT2D eigenvalue weighted by atomic mass is 16.5. The Morgan fingerprint density at radius 3 is 1.22 bits per heavy atom. The molecule has 0 bridgehead atoms. The average Bonchev–Trinajstić information content (AvgIpc) is 2.85. The van der Waals surface area contributed by atoms with Gasteiger partial charge in [0.15, 0.2) is 12.2 Å². The van der Waals surface area contributed by atoms with Crippen molar-refractivity contribution in [1.82, 2.24) is 0 Å². The van der Waals surface area contributed by atoms with E-state index in [2.05, 4.69) is 41.8 Å². The SMILES string of the molecule is CC[N+](C)(C)CCOCC[N+](CC)(CC)CC.O=C(O)[C@H](O)[C@@H](O)C(=O)O.O=C([O-])[C@H](O)[C@@H](O)C(=O)[O-]. The molecule has 0 aromatic carbocycles. The van der Waals surface area contributed by atoms with Gasteiger partial charge in [-0.1, -0.05) is 0 Å². The van der Waals surface area contributed by atoms with Crippen LogP contribution < -0.4 is 10.2 Å². The maximum atomic E-state index is 9.77. The molecular formula is C22H44N2O13. The number of aliphatic hydroxyl groups is 4. The van der Waals surface area contributed by atoms with Crippen molar-refractivity contribution in [2.45, 2.75) is 52.1 Å². The number of aliphatic carboxylic acids is 4. The number of likely N-dealkylation sites (N-methyl/N-ethyl adjacent to an activating group) is 2. The smallest absolute Gasteiger partial charge is 0.335 e. The molecule has 0 heterocycles. The normalized spacial score (nSPS) is 14.5. The second-order valence-corrected chi connectivity index (χ2v) is 8.70. The first-order valence-corrected chi connectivity index (χ1v) is 11.7. The van der Waals surface area contributed by atoms with Crippen molar-refractivity contribution in [3.05, 3.63) is 0 Å². The molecule has 0 aromatic rings. The number of hydrogen-bond donors (Lipinski definition) is 6. The van der Waals surface area contributed by atoms with Crippen molar-refractivity contribution in [1.29, 1.82) is 0 Å². The summed E-state index contributed by atoms with van der Waals surface area (Å²) in [4.78, 5) is 38.8. The minimum Gasteiger partial charge on any atom is -0.547 e. The highest BCUT2D eigenvalue weighted by Crippen LogP contribution is 2.05. The van der Waals surface area contributed by atoms with E-state index in [0.717, 1.165) is 30.8 Å². The Balaban J connectivity index is -0.000000499. The predicted molar refractivity (Wildman–Crippen MR) is 124 cm³/mol. The lowest BCUT2D eigenvalue weighted by atomic mass is 10.2. The second-order valence-electron chi connectivity index (χ2n) is 8.70. The zero-order chi connectivity index (χ0) is 30.0. The Bertz CT molecular complexity index is 603. The lowest BCUT2D eigenvalue weighted by molar-refractivity contribution is -0.923. The molecule has 0 aliphatic carbocycles. The van der Waals surface area contributed by atoms with Crippen LogP contribution in [0.3, 0.4) is 0 Å². The Kier molecular flexibility index (Phi) is 20.8. The number of carbonyl (C=O) groups is 4. The molecule has 37 heavy (non-hydrogen) atoms. The maximum Gasteiger partial charge on any atom is 0.335 e. The van der Waals surface area contributed by atoms with Gasteiger partial charge in [0.05, 0.1) is 65.4 Å². The van der Waals surface area contributed by atoms with E-state index in [4.69, 9.17) is 35.4 Å². The van der Waals surface area contributed by atoms with Crippen molar-refractivity contribution in [2.75, 3.05) is 66.6 Å². The largest absolute Gasteiger partial charge is 0.547 e. The molecule has 15 nitrogen and oxygen atoms in total. The summed E-state index contributed by atoms with van der Waals surface area (Å²) in [5.74, 6) is -7.65. The minimum atomic E-state index is -2.44. The summed E-state index contributed by atoms with van der Waals surface area (Å²) in [5, 5.41) is 68.3. The number of carboxylic acid groups (broad SMARTS) is 4. The summed E-state index contributed by atoms with van der Waals surface area (Å²) in [7, 11) is 4.52. The van der Waals surface area contributed by atoms with Gasteiger partial charge in [-0.25, -0.2) is 9.59 Å². The van der Waals surface area contributed by atoms with Crippen LogP contribution in [0.1, 0.15) is 27.7 Å². The fourth-order valence-corrected chi connectivity index (χ4v) is 2.50. The van der Waals surface area contributed by atoms with Crippen LogP contribution in [0, 0.1) is 0 Å². The molecule has 220 valence electrons. The molecule has 0 spiro atoms. The molecule has 0 radical (unpaired) electrons. The van der Waals surface area contributed by atoms with E-state index in [1.807, 2.05) is 0 Å². The first-order chi connectivity index (χ1) is 16.9. The maximum absolute atomic E-state index is 9.77. The van der Waals surface area contributed by atoms with Crippen molar-refractivity contribution in [3.8, 4) is 0 Å². The van der Waals surface area contributed by atoms with Gasteiger partial charge in [0.2, 0.25) is 0 Å². The third-order valence-electron chi connectivity index (χ3n) is 6.01. The average molecular weight is 545 g/mol. The van der Waals surface area contributed by atoms with Gasteiger partial charge in [-0.2, -0.15) is 0 Å². The van der Waals surface area contributed by atoms with Crippen LogP contribution in [-0.4, -0.2) is 154 Å². The van der Waals surface area contributed by atoms with Gasteiger partial charge in [0, 0.05) is 0 Å². The number of quaternary nitrogens is 2. The highest BCUT2D eigenvalue weighted by molar-refractivity contribution is 5.83. The van der Waals surface area contributed by atoms with Crippen LogP contribution in [0.25, 0.3) is 0 Å². The Morgan fingerprint density at radius 1 is 0.649 bits per heavy atom. The van der Waals surface area contributed by atoms with Crippen LogP contribution in [0.15, 0.2) is 0 Å². The van der Waals surface area contributed by atoms with E-state index < -0.39 is 48.3 Å². The number of hydrogen-bond acceptors (Lipinski definition) is 11. The molecule has 0 saturated carbocycles. The van der Waals surface area contributed by atoms with Crippen LogP contribution in [0.2, 0.25) is 0 Å². The molecule has 4 atom stereocenters. The van der Waals surface area contributed by atoms with Gasteiger partial charge in [0.1, 0.15) is 25.3 Å². The van der Waals surface area contributed by atoms with Crippen LogP contribution in [0.5, 0.6) is 0 Å². The molecule has 0 saturated heterocycles. The van der Waals surface area contributed by atoms with Gasteiger partial charge in [-0.05, 0) is 27.7 Å². The second kappa shape index (κ2) is 19.7. The minimum absolute atomic E-state index is 0.887. The van der Waals surface area contributed by atoms with E-state index in [1.165, 1.54) is 30.7 Å². The molecule has 15 heteroatoms. The van der Waals surface area contributed by atoms with Gasteiger partial charge >= 0.3 is 11.9 Å². The number of aliphatic hydroxyl groups excluding tert-OH is 4. The summed E-state index contributed by atoms with van der Waals surface area (Å²) in [6, 6.07) is 0. The molecule has 0 amide bonds. The monoisotopic (exact) mass is 544 g/mol.